The van der Waals surface area contributed by atoms with Crippen LogP contribution in [-0.4, -0.2) is 23.2 Å². The van der Waals surface area contributed by atoms with Crippen LogP contribution in [0.1, 0.15) is 10.9 Å². The summed E-state index contributed by atoms with van der Waals surface area (Å²) in [5.41, 5.74) is 1.55. The van der Waals surface area contributed by atoms with Crippen molar-refractivity contribution in [1.29, 1.82) is 0 Å². The number of thioether (sulfide) groups is 1. The fourth-order valence-electron chi connectivity index (χ4n) is 2.34. The number of nitrogens with zero attached hydrogens (tertiary/aromatic N) is 1. The third-order valence-electron chi connectivity index (χ3n) is 3.38. The third-order valence-corrected chi connectivity index (χ3v) is 5.17. The molecule has 3 rings (SSSR count). The zero-order chi connectivity index (χ0) is 15.5. The van der Waals surface area contributed by atoms with Gasteiger partial charge >= 0.3 is 6.03 Å². The summed E-state index contributed by atoms with van der Waals surface area (Å²) in [4.78, 5) is 14.2. The fraction of sp³-hybridized carbons (Fsp3) is 0.188. The van der Waals surface area contributed by atoms with E-state index in [4.69, 9.17) is 0 Å². The topological polar surface area (TPSA) is 32.3 Å². The number of nitrogens with one attached hydrogen (secondary N) is 1. The molecule has 2 amide bonds. The number of amides is 2. The second-order valence-electron chi connectivity index (χ2n) is 4.91. The quantitative estimate of drug-likeness (QED) is 0.805. The Bertz CT molecular complexity index is 680. The molecular weight excluding hydrogens is 367 g/mol. The van der Waals surface area contributed by atoms with E-state index < -0.39 is 0 Å². The van der Waals surface area contributed by atoms with Crippen LogP contribution >= 0.6 is 27.7 Å². The molecule has 1 heterocycles. The molecule has 0 saturated carbocycles. The number of halogens is 2. The monoisotopic (exact) mass is 380 g/mol. The first-order valence-electron chi connectivity index (χ1n) is 6.84. The van der Waals surface area contributed by atoms with Gasteiger partial charge in [-0.25, -0.2) is 9.18 Å². The van der Waals surface area contributed by atoms with Crippen molar-refractivity contribution < 1.29 is 9.18 Å². The van der Waals surface area contributed by atoms with Crippen LogP contribution in [0.5, 0.6) is 0 Å². The highest BCUT2D eigenvalue weighted by atomic mass is 79.9. The van der Waals surface area contributed by atoms with E-state index in [1.165, 1.54) is 12.1 Å². The number of urea groups is 1. The van der Waals surface area contributed by atoms with E-state index >= 15 is 0 Å². The van der Waals surface area contributed by atoms with Crippen LogP contribution < -0.4 is 5.32 Å². The van der Waals surface area contributed by atoms with Gasteiger partial charge in [-0.3, -0.25) is 0 Å². The molecule has 114 valence electrons. The summed E-state index contributed by atoms with van der Waals surface area (Å²) >= 11 is 5.01. The molecule has 6 heteroatoms. The normalized spacial score (nSPS) is 17.5. The first-order valence-corrected chi connectivity index (χ1v) is 8.68. The molecule has 1 saturated heterocycles. The Morgan fingerprint density at radius 1 is 1.27 bits per heavy atom. The molecule has 0 aromatic heterocycles. The van der Waals surface area contributed by atoms with Crippen molar-refractivity contribution >= 4 is 39.4 Å². The lowest BCUT2D eigenvalue weighted by Crippen LogP contribution is -2.34. The summed E-state index contributed by atoms with van der Waals surface area (Å²) in [6.45, 7) is 0.647. The fourth-order valence-corrected chi connectivity index (χ4v) is 3.85. The van der Waals surface area contributed by atoms with E-state index in [-0.39, 0.29) is 17.2 Å². The molecule has 0 unspecified atom stereocenters. The van der Waals surface area contributed by atoms with Crippen LogP contribution in [0, 0.1) is 5.82 Å². The van der Waals surface area contributed by atoms with Crippen molar-refractivity contribution in [2.45, 2.75) is 5.37 Å². The van der Waals surface area contributed by atoms with Gasteiger partial charge in [0.2, 0.25) is 0 Å². The first-order chi connectivity index (χ1) is 10.6. The molecule has 1 aliphatic heterocycles. The molecule has 1 atom stereocenters. The molecule has 0 spiro atoms. The average molecular weight is 381 g/mol. The number of benzene rings is 2. The summed E-state index contributed by atoms with van der Waals surface area (Å²) in [5.74, 6) is 0.563. The van der Waals surface area contributed by atoms with Crippen LogP contribution in [0.25, 0.3) is 0 Å². The standard InChI is InChI=1S/C16H14BrFN2OS/c17-12-4-6-14(7-5-12)19-16(21)20-8-9-22-15(20)11-2-1-3-13(18)10-11/h1-7,10,15H,8-9H2,(H,19,21)/t15-/m0/s1. The molecule has 1 aliphatic rings. The predicted molar refractivity (Wildman–Crippen MR) is 91.5 cm³/mol. The van der Waals surface area contributed by atoms with Crippen LogP contribution in [0.4, 0.5) is 14.9 Å². The number of hydrogen-bond donors (Lipinski definition) is 1. The Labute approximate surface area is 141 Å². The third kappa shape index (κ3) is 3.44. The van der Waals surface area contributed by atoms with Crippen molar-refractivity contribution in [2.75, 3.05) is 17.6 Å². The smallest absolute Gasteiger partial charge is 0.308 e. The number of carbonyl (C=O) groups is 1. The van der Waals surface area contributed by atoms with Crippen LogP contribution in [0.15, 0.2) is 53.0 Å². The van der Waals surface area contributed by atoms with Crippen molar-refractivity contribution in [3.8, 4) is 0 Å². The number of hydrogen-bond acceptors (Lipinski definition) is 2. The van der Waals surface area contributed by atoms with Crippen molar-refractivity contribution in [3.63, 3.8) is 0 Å². The minimum absolute atomic E-state index is 0.147. The van der Waals surface area contributed by atoms with Gasteiger partial charge < -0.3 is 10.2 Å². The average Bonchev–Trinajstić information content (AvgIpc) is 2.99. The highest BCUT2D eigenvalue weighted by Gasteiger charge is 2.30. The van der Waals surface area contributed by atoms with E-state index in [9.17, 15) is 9.18 Å². The van der Waals surface area contributed by atoms with Crippen LogP contribution in [0.2, 0.25) is 0 Å². The largest absolute Gasteiger partial charge is 0.323 e. The van der Waals surface area contributed by atoms with E-state index in [2.05, 4.69) is 21.2 Å². The minimum atomic E-state index is -0.279. The predicted octanol–water partition coefficient (Wildman–Crippen LogP) is 4.87. The molecule has 0 aliphatic carbocycles. The zero-order valence-corrected chi connectivity index (χ0v) is 14.0. The first kappa shape index (κ1) is 15.4. The van der Waals surface area contributed by atoms with E-state index in [0.29, 0.717) is 6.54 Å². The summed E-state index contributed by atoms with van der Waals surface area (Å²) in [7, 11) is 0. The van der Waals surface area contributed by atoms with Gasteiger partial charge in [-0.1, -0.05) is 28.1 Å². The number of rotatable bonds is 2. The van der Waals surface area contributed by atoms with Crippen molar-refractivity contribution in [3.05, 3.63) is 64.4 Å². The second kappa shape index (κ2) is 6.71. The molecule has 22 heavy (non-hydrogen) atoms. The van der Waals surface area contributed by atoms with Crippen molar-refractivity contribution in [1.82, 2.24) is 4.90 Å². The molecule has 1 N–H and O–H groups in total. The van der Waals surface area contributed by atoms with Gasteiger partial charge in [-0.15, -0.1) is 11.8 Å². The van der Waals surface area contributed by atoms with E-state index in [1.54, 1.807) is 22.7 Å². The zero-order valence-electron chi connectivity index (χ0n) is 11.6. The molecule has 2 aromatic rings. The Morgan fingerprint density at radius 2 is 2.05 bits per heavy atom. The lowest BCUT2D eigenvalue weighted by Gasteiger charge is -2.24. The van der Waals surface area contributed by atoms with E-state index in [0.717, 1.165) is 21.5 Å². The summed E-state index contributed by atoms with van der Waals surface area (Å²) < 4.78 is 14.4. The summed E-state index contributed by atoms with van der Waals surface area (Å²) in [6.07, 6.45) is 0. The minimum Gasteiger partial charge on any atom is -0.308 e. The molecule has 2 aromatic carbocycles. The summed E-state index contributed by atoms with van der Waals surface area (Å²) in [6, 6.07) is 13.7. The Balaban J connectivity index is 1.75. The molecule has 3 nitrogen and oxygen atoms in total. The van der Waals surface area contributed by atoms with Gasteiger partial charge in [0, 0.05) is 22.5 Å². The Morgan fingerprint density at radius 3 is 2.77 bits per heavy atom. The van der Waals surface area contributed by atoms with Gasteiger partial charge in [-0.2, -0.15) is 0 Å². The lowest BCUT2D eigenvalue weighted by atomic mass is 10.2. The van der Waals surface area contributed by atoms with Crippen LogP contribution in [-0.2, 0) is 0 Å². The number of anilines is 1. The van der Waals surface area contributed by atoms with Crippen LogP contribution in [0.3, 0.4) is 0 Å². The van der Waals surface area contributed by atoms with Gasteiger partial charge in [0.25, 0.3) is 0 Å². The Hall–Kier alpha value is -1.53. The maximum Gasteiger partial charge on any atom is 0.323 e. The maximum absolute atomic E-state index is 13.4. The molecule has 0 bridgehead atoms. The second-order valence-corrected chi connectivity index (χ2v) is 7.01. The van der Waals surface area contributed by atoms with Gasteiger partial charge in [-0.05, 0) is 42.0 Å². The van der Waals surface area contributed by atoms with Crippen molar-refractivity contribution in [2.24, 2.45) is 0 Å². The maximum atomic E-state index is 13.4. The molecule has 0 radical (unpaired) electrons. The molecular formula is C16H14BrFN2OS. The van der Waals surface area contributed by atoms with Gasteiger partial charge in [0.1, 0.15) is 11.2 Å². The van der Waals surface area contributed by atoms with Gasteiger partial charge in [0.15, 0.2) is 0 Å². The lowest BCUT2D eigenvalue weighted by molar-refractivity contribution is 0.214. The summed E-state index contributed by atoms with van der Waals surface area (Å²) in [5, 5.41) is 2.74. The Kier molecular flexibility index (Phi) is 4.69. The molecule has 1 fully saturated rings. The van der Waals surface area contributed by atoms with E-state index in [1.807, 2.05) is 30.3 Å². The highest BCUT2D eigenvalue weighted by molar-refractivity contribution is 9.10. The highest BCUT2D eigenvalue weighted by Crippen LogP contribution is 2.38. The number of carbonyl (C=O) groups excluding carboxylic acids is 1. The van der Waals surface area contributed by atoms with Gasteiger partial charge in [0.05, 0.1) is 0 Å². The SMILES string of the molecule is O=C(Nc1ccc(Br)cc1)N1CCS[C@H]1c1cccc(F)c1.